The van der Waals surface area contributed by atoms with Gasteiger partial charge in [0.2, 0.25) is 0 Å². The second-order valence-electron chi connectivity index (χ2n) is 7.10. The van der Waals surface area contributed by atoms with Gasteiger partial charge in [0.25, 0.3) is 0 Å². The topological polar surface area (TPSA) is 58.3 Å². The zero-order valence-electron chi connectivity index (χ0n) is 14.1. The molecule has 0 bridgehead atoms. The predicted octanol–water partition coefficient (Wildman–Crippen LogP) is 2.20. The number of nitrogen functional groups attached to an aromatic ring is 1. The first-order valence-electron chi connectivity index (χ1n) is 7.87. The lowest BCUT2D eigenvalue weighted by Crippen LogP contribution is -2.33. The third-order valence-corrected chi connectivity index (χ3v) is 4.14. The predicted molar refractivity (Wildman–Crippen MR) is 88.8 cm³/mol. The number of aromatic nitrogens is 2. The number of hydrogen-bond acceptors (Lipinski definition) is 5. The Kier molecular flexibility index (Phi) is 4.71. The quantitative estimate of drug-likeness (QED) is 0.921. The van der Waals surface area contributed by atoms with Gasteiger partial charge in [-0.15, -0.1) is 0 Å². The van der Waals surface area contributed by atoms with Crippen molar-refractivity contribution in [3.8, 4) is 0 Å². The Hall–Kier alpha value is -1.36. The Balaban J connectivity index is 2.14. The molecule has 0 aromatic carbocycles. The lowest BCUT2D eigenvalue weighted by atomic mass is 9.95. The van der Waals surface area contributed by atoms with Crippen molar-refractivity contribution in [1.82, 2.24) is 14.9 Å². The largest absolute Gasteiger partial charge is 0.383 e. The van der Waals surface area contributed by atoms with E-state index in [1.807, 2.05) is 6.92 Å². The highest BCUT2D eigenvalue weighted by Gasteiger charge is 2.22. The van der Waals surface area contributed by atoms with Crippen molar-refractivity contribution >= 4 is 11.6 Å². The van der Waals surface area contributed by atoms with Gasteiger partial charge in [-0.2, -0.15) is 0 Å². The maximum atomic E-state index is 6.09. The molecule has 2 heterocycles. The fourth-order valence-electron chi connectivity index (χ4n) is 2.63. The summed E-state index contributed by atoms with van der Waals surface area (Å²) in [6.07, 6.45) is 2.66. The van der Waals surface area contributed by atoms with Crippen LogP contribution >= 0.6 is 0 Å². The van der Waals surface area contributed by atoms with Gasteiger partial charge in [0.1, 0.15) is 17.5 Å². The fraction of sp³-hybridized carbons (Fsp3) is 0.750. The van der Waals surface area contributed by atoms with Crippen molar-refractivity contribution in [2.45, 2.75) is 46.0 Å². The molecule has 0 atom stereocenters. The first-order valence-corrected chi connectivity index (χ1v) is 7.87. The zero-order valence-corrected chi connectivity index (χ0v) is 14.1. The van der Waals surface area contributed by atoms with Crippen LogP contribution in [0.1, 0.15) is 45.0 Å². The second kappa shape index (κ2) is 6.18. The Labute approximate surface area is 128 Å². The summed E-state index contributed by atoms with van der Waals surface area (Å²) < 4.78 is 0. The highest BCUT2D eigenvalue weighted by Crippen LogP contribution is 2.26. The molecular formula is C16H29N5. The summed E-state index contributed by atoms with van der Waals surface area (Å²) in [5.41, 5.74) is 6.97. The number of nitrogens with zero attached hydrogens (tertiary/aromatic N) is 4. The number of hydrogen-bond donors (Lipinski definition) is 1. The van der Waals surface area contributed by atoms with Gasteiger partial charge in [-0.05, 0) is 32.9 Å². The molecule has 1 aromatic heterocycles. The molecule has 1 aliphatic rings. The molecule has 21 heavy (non-hydrogen) atoms. The van der Waals surface area contributed by atoms with E-state index >= 15 is 0 Å². The summed E-state index contributed by atoms with van der Waals surface area (Å²) in [5.74, 6) is 2.37. The third-order valence-electron chi connectivity index (χ3n) is 4.14. The van der Waals surface area contributed by atoms with Crippen molar-refractivity contribution < 1.29 is 0 Å². The minimum absolute atomic E-state index is 0.0909. The zero-order chi connectivity index (χ0) is 15.6. The van der Waals surface area contributed by atoms with Crippen LogP contribution in [0.25, 0.3) is 0 Å². The van der Waals surface area contributed by atoms with Crippen LogP contribution in [0.3, 0.4) is 0 Å². The van der Waals surface area contributed by atoms with E-state index in [9.17, 15) is 0 Å². The van der Waals surface area contributed by atoms with E-state index in [2.05, 4.69) is 42.6 Å². The number of nitrogens with two attached hydrogens (primary N) is 1. The molecule has 1 fully saturated rings. The van der Waals surface area contributed by atoms with Crippen molar-refractivity contribution in [1.29, 1.82) is 0 Å². The molecule has 1 aliphatic heterocycles. The molecule has 1 saturated heterocycles. The van der Waals surface area contributed by atoms with Crippen molar-refractivity contribution in [3.05, 3.63) is 11.4 Å². The van der Waals surface area contributed by atoms with Crippen molar-refractivity contribution in [2.24, 2.45) is 0 Å². The molecule has 0 radical (unpaired) electrons. The summed E-state index contributed by atoms with van der Waals surface area (Å²) in [5, 5.41) is 0. The van der Waals surface area contributed by atoms with Crippen LogP contribution in [-0.2, 0) is 5.41 Å². The normalized spacial score (nSPS) is 16.4. The molecule has 118 valence electrons. The Morgan fingerprint density at radius 3 is 2.38 bits per heavy atom. The molecule has 2 rings (SSSR count). The average molecular weight is 291 g/mol. The van der Waals surface area contributed by atoms with E-state index in [1.165, 1.54) is 25.9 Å². The lowest BCUT2D eigenvalue weighted by molar-refractivity contribution is 0.346. The van der Waals surface area contributed by atoms with Crippen LogP contribution in [0.2, 0.25) is 0 Å². The highest BCUT2D eigenvalue weighted by molar-refractivity contribution is 5.56. The maximum absolute atomic E-state index is 6.09. The van der Waals surface area contributed by atoms with Crippen LogP contribution in [0, 0.1) is 6.92 Å². The van der Waals surface area contributed by atoms with Crippen LogP contribution in [-0.4, -0.2) is 48.1 Å². The Bertz CT molecular complexity index is 486. The van der Waals surface area contributed by atoms with Gasteiger partial charge in [0, 0.05) is 31.1 Å². The first-order chi connectivity index (χ1) is 9.79. The van der Waals surface area contributed by atoms with Gasteiger partial charge < -0.3 is 15.5 Å². The summed E-state index contributed by atoms with van der Waals surface area (Å²) in [6, 6.07) is 0. The number of likely N-dealkylation sites (tertiary alicyclic amines) is 1. The van der Waals surface area contributed by atoms with E-state index < -0.39 is 0 Å². The molecule has 5 nitrogen and oxygen atoms in total. The van der Waals surface area contributed by atoms with E-state index in [4.69, 9.17) is 10.7 Å². The van der Waals surface area contributed by atoms with Crippen molar-refractivity contribution in [3.63, 3.8) is 0 Å². The third kappa shape index (κ3) is 3.84. The SMILES string of the molecule is Cc1c(N)nc(C(C)(C)C)nc1N(C)CCN1CCCC1. The fourth-order valence-corrected chi connectivity index (χ4v) is 2.63. The van der Waals surface area contributed by atoms with Crippen LogP contribution in [0.15, 0.2) is 0 Å². The number of rotatable bonds is 4. The summed E-state index contributed by atoms with van der Waals surface area (Å²) in [6.45, 7) is 12.9. The number of anilines is 2. The van der Waals surface area contributed by atoms with Gasteiger partial charge in [-0.25, -0.2) is 9.97 Å². The van der Waals surface area contributed by atoms with Crippen LogP contribution in [0.5, 0.6) is 0 Å². The summed E-state index contributed by atoms with van der Waals surface area (Å²) in [7, 11) is 2.09. The van der Waals surface area contributed by atoms with Gasteiger partial charge in [0.05, 0.1) is 0 Å². The molecular weight excluding hydrogens is 262 g/mol. The Morgan fingerprint density at radius 1 is 1.19 bits per heavy atom. The molecule has 0 saturated carbocycles. The summed E-state index contributed by atoms with van der Waals surface area (Å²) >= 11 is 0. The van der Waals surface area contributed by atoms with E-state index in [1.54, 1.807) is 0 Å². The standard InChI is InChI=1S/C16H29N5/c1-12-13(17)18-15(16(2,3)4)19-14(12)20(5)10-11-21-8-6-7-9-21/h6-11H2,1-5H3,(H2,17,18,19). The minimum atomic E-state index is -0.0909. The molecule has 1 aromatic rings. The van der Waals surface area contributed by atoms with Gasteiger partial charge in [-0.3, -0.25) is 0 Å². The van der Waals surface area contributed by atoms with Crippen LogP contribution < -0.4 is 10.6 Å². The average Bonchev–Trinajstić information content (AvgIpc) is 2.91. The smallest absolute Gasteiger partial charge is 0.138 e. The molecule has 0 spiro atoms. The van der Waals surface area contributed by atoms with Gasteiger partial charge >= 0.3 is 0 Å². The lowest BCUT2D eigenvalue weighted by Gasteiger charge is -2.26. The summed E-state index contributed by atoms with van der Waals surface area (Å²) in [4.78, 5) is 13.9. The van der Waals surface area contributed by atoms with E-state index in [0.29, 0.717) is 5.82 Å². The maximum Gasteiger partial charge on any atom is 0.138 e. The molecule has 0 unspecified atom stereocenters. The van der Waals surface area contributed by atoms with Crippen molar-refractivity contribution in [2.75, 3.05) is 43.9 Å². The number of likely N-dealkylation sites (N-methyl/N-ethyl adjacent to an activating group) is 1. The molecule has 0 amide bonds. The molecule has 0 aliphatic carbocycles. The second-order valence-corrected chi connectivity index (χ2v) is 7.10. The van der Waals surface area contributed by atoms with E-state index in [-0.39, 0.29) is 5.41 Å². The highest BCUT2D eigenvalue weighted by atomic mass is 15.2. The monoisotopic (exact) mass is 291 g/mol. The minimum Gasteiger partial charge on any atom is -0.383 e. The Morgan fingerprint density at radius 2 is 1.81 bits per heavy atom. The molecule has 2 N–H and O–H groups in total. The first kappa shape index (κ1) is 16.0. The van der Waals surface area contributed by atoms with Gasteiger partial charge in [0.15, 0.2) is 0 Å². The van der Waals surface area contributed by atoms with Gasteiger partial charge in [-0.1, -0.05) is 20.8 Å². The molecule has 5 heteroatoms. The van der Waals surface area contributed by atoms with E-state index in [0.717, 1.165) is 30.3 Å². The van der Waals surface area contributed by atoms with Crippen LogP contribution in [0.4, 0.5) is 11.6 Å².